The lowest BCUT2D eigenvalue weighted by Crippen LogP contribution is -2.50. The Kier molecular flexibility index (Phi) is 6.63. The van der Waals surface area contributed by atoms with Crippen LogP contribution in [0.25, 0.3) is 0 Å². The van der Waals surface area contributed by atoms with Crippen molar-refractivity contribution in [2.24, 2.45) is 0 Å². The number of rotatable bonds is 5. The monoisotopic (exact) mass is 424 g/mol. The molecule has 3 rings (SSSR count). The molecule has 2 saturated heterocycles. The second-order valence-corrected chi connectivity index (χ2v) is 9.27. The number of piperidine rings is 2. The van der Waals surface area contributed by atoms with Crippen molar-refractivity contribution < 1.29 is 22.7 Å². The summed E-state index contributed by atoms with van der Waals surface area (Å²) in [5.41, 5.74) is 1.20. The number of hydrogen-bond acceptors (Lipinski definition) is 5. The van der Waals surface area contributed by atoms with Crippen LogP contribution in [0.3, 0.4) is 0 Å². The summed E-state index contributed by atoms with van der Waals surface area (Å²) in [5, 5.41) is 2.86. The molecule has 0 aliphatic carbocycles. The fourth-order valence-corrected chi connectivity index (χ4v) is 4.60. The largest absolute Gasteiger partial charge is 0.495 e. The minimum Gasteiger partial charge on any atom is -0.495 e. The molecule has 1 aromatic rings. The van der Waals surface area contributed by atoms with Crippen LogP contribution in [-0.4, -0.2) is 64.3 Å². The van der Waals surface area contributed by atoms with Gasteiger partial charge in [0.15, 0.2) is 0 Å². The van der Waals surface area contributed by atoms with Crippen LogP contribution in [0.2, 0.25) is 0 Å². The van der Waals surface area contributed by atoms with Crippen LogP contribution in [0.1, 0.15) is 32.1 Å². The van der Waals surface area contributed by atoms with Crippen molar-refractivity contribution in [3.63, 3.8) is 0 Å². The van der Waals surface area contributed by atoms with E-state index in [0.717, 1.165) is 25.5 Å². The molecule has 10 heteroatoms. The highest BCUT2D eigenvalue weighted by Crippen LogP contribution is 2.33. The van der Waals surface area contributed by atoms with Crippen LogP contribution in [0.4, 0.5) is 16.2 Å². The molecule has 2 N–H and O–H groups in total. The van der Waals surface area contributed by atoms with Crippen molar-refractivity contribution >= 4 is 33.3 Å². The van der Waals surface area contributed by atoms with E-state index in [0.29, 0.717) is 49.6 Å². The summed E-state index contributed by atoms with van der Waals surface area (Å²) in [7, 11) is -1.77. The van der Waals surface area contributed by atoms with Gasteiger partial charge in [-0.05, 0) is 43.9 Å². The predicted octanol–water partition coefficient (Wildman–Crippen LogP) is 1.76. The average molecular weight is 425 g/mol. The van der Waals surface area contributed by atoms with Gasteiger partial charge >= 0.3 is 6.03 Å². The molecule has 2 fully saturated rings. The summed E-state index contributed by atoms with van der Waals surface area (Å²) >= 11 is 0. The second-order valence-electron chi connectivity index (χ2n) is 7.49. The van der Waals surface area contributed by atoms with E-state index >= 15 is 0 Å². The van der Waals surface area contributed by atoms with Crippen molar-refractivity contribution in [2.75, 3.05) is 43.2 Å². The zero-order valence-corrected chi connectivity index (χ0v) is 17.6. The fourth-order valence-electron chi connectivity index (χ4n) is 3.80. The van der Waals surface area contributed by atoms with Gasteiger partial charge in [-0.2, -0.15) is 0 Å². The number of likely N-dealkylation sites (tertiary alicyclic amines) is 1. The van der Waals surface area contributed by atoms with Crippen LogP contribution in [-0.2, 0) is 14.8 Å². The van der Waals surface area contributed by atoms with Crippen LogP contribution in [0.5, 0.6) is 5.75 Å². The van der Waals surface area contributed by atoms with E-state index in [1.807, 2.05) is 0 Å². The molecule has 9 nitrogen and oxygen atoms in total. The summed E-state index contributed by atoms with van der Waals surface area (Å²) < 4.78 is 30.9. The highest BCUT2D eigenvalue weighted by atomic mass is 32.2. The summed E-state index contributed by atoms with van der Waals surface area (Å²) in [5.74, 6) is 0.623. The van der Waals surface area contributed by atoms with Gasteiger partial charge in [0, 0.05) is 37.8 Å². The van der Waals surface area contributed by atoms with Crippen LogP contribution in [0, 0.1) is 0 Å². The number of anilines is 2. The molecule has 0 aromatic heterocycles. The van der Waals surface area contributed by atoms with Gasteiger partial charge in [0.1, 0.15) is 5.75 Å². The number of ether oxygens (including phenoxy) is 1. The number of carbonyl (C=O) groups excluding carboxylic acids is 2. The fraction of sp³-hybridized carbons (Fsp3) is 0.579. The van der Waals surface area contributed by atoms with Crippen molar-refractivity contribution in [3.8, 4) is 5.75 Å². The zero-order chi connectivity index (χ0) is 21.0. The summed E-state index contributed by atoms with van der Waals surface area (Å²) in [6, 6.07) is 4.62. The van der Waals surface area contributed by atoms with E-state index in [1.54, 1.807) is 35.1 Å². The van der Waals surface area contributed by atoms with Gasteiger partial charge in [-0.1, -0.05) is 0 Å². The maximum absolute atomic E-state index is 12.7. The Labute approximate surface area is 171 Å². The van der Waals surface area contributed by atoms with Gasteiger partial charge in [-0.25, -0.2) is 17.9 Å². The molecule has 0 spiro atoms. The number of benzene rings is 1. The van der Waals surface area contributed by atoms with Crippen LogP contribution in [0.15, 0.2) is 18.2 Å². The van der Waals surface area contributed by atoms with Gasteiger partial charge in [-0.3, -0.25) is 4.79 Å². The third-order valence-electron chi connectivity index (χ3n) is 5.13. The molecule has 0 bridgehead atoms. The maximum atomic E-state index is 12.7. The van der Waals surface area contributed by atoms with Gasteiger partial charge in [-0.15, -0.1) is 0 Å². The quantitative estimate of drug-likeness (QED) is 0.749. The highest BCUT2D eigenvalue weighted by molar-refractivity contribution is 7.88. The van der Waals surface area contributed by atoms with Gasteiger partial charge in [0.25, 0.3) is 0 Å². The molecule has 2 heterocycles. The third kappa shape index (κ3) is 5.60. The second kappa shape index (κ2) is 9.00. The normalized spacial score (nSPS) is 20.5. The number of hydrogen-bond donors (Lipinski definition) is 2. The highest BCUT2D eigenvalue weighted by Gasteiger charge is 2.27. The first-order valence-electron chi connectivity index (χ1n) is 9.78. The molecule has 29 heavy (non-hydrogen) atoms. The SMILES string of the molecule is COc1ccc(NC(=O)N2CCC[C@H](NS(C)(=O)=O)C2)cc1N1CCCCC1=O. The molecule has 2 aliphatic heterocycles. The van der Waals surface area contributed by atoms with Gasteiger partial charge < -0.3 is 19.9 Å². The molecule has 2 aliphatic rings. The summed E-state index contributed by atoms with van der Waals surface area (Å²) in [6.45, 7) is 1.49. The Hall–Kier alpha value is -2.33. The minimum atomic E-state index is -3.32. The molecule has 160 valence electrons. The predicted molar refractivity (Wildman–Crippen MR) is 111 cm³/mol. The van der Waals surface area contributed by atoms with E-state index in [1.165, 1.54) is 0 Å². The third-order valence-corrected chi connectivity index (χ3v) is 5.90. The molecular formula is C19H28N4O5S. The molecule has 0 saturated carbocycles. The Bertz CT molecular complexity index is 873. The first-order valence-corrected chi connectivity index (χ1v) is 11.7. The van der Waals surface area contributed by atoms with E-state index in [2.05, 4.69) is 10.0 Å². The number of nitrogens with one attached hydrogen (secondary N) is 2. The maximum Gasteiger partial charge on any atom is 0.321 e. The lowest BCUT2D eigenvalue weighted by Gasteiger charge is -2.33. The van der Waals surface area contributed by atoms with Crippen molar-refractivity contribution in [1.82, 2.24) is 9.62 Å². The number of amides is 3. The van der Waals surface area contributed by atoms with E-state index in [-0.39, 0.29) is 18.0 Å². The lowest BCUT2D eigenvalue weighted by atomic mass is 10.1. The topological polar surface area (TPSA) is 108 Å². The Morgan fingerprint density at radius 1 is 1.21 bits per heavy atom. The molecule has 0 unspecified atom stereocenters. The number of sulfonamides is 1. The standard InChI is InChI=1S/C19H28N4O5S/c1-28-17-9-8-14(12-16(17)23-11-4-3-7-18(23)24)20-19(25)22-10-5-6-15(13-22)21-29(2,26)27/h8-9,12,15,21H,3-7,10-11,13H2,1-2H3,(H,20,25)/t15-/m0/s1. The van der Waals surface area contributed by atoms with E-state index in [9.17, 15) is 18.0 Å². The van der Waals surface area contributed by atoms with E-state index in [4.69, 9.17) is 4.74 Å². The van der Waals surface area contributed by atoms with Crippen molar-refractivity contribution in [3.05, 3.63) is 18.2 Å². The summed E-state index contributed by atoms with van der Waals surface area (Å²) in [4.78, 5) is 28.3. The van der Waals surface area contributed by atoms with Crippen molar-refractivity contribution in [2.45, 2.75) is 38.1 Å². The molecule has 1 atom stereocenters. The number of carbonyl (C=O) groups is 2. The van der Waals surface area contributed by atoms with E-state index < -0.39 is 10.0 Å². The number of urea groups is 1. The van der Waals surface area contributed by atoms with Gasteiger partial charge in [0.05, 0.1) is 19.1 Å². The smallest absolute Gasteiger partial charge is 0.321 e. The first kappa shape index (κ1) is 21.4. The zero-order valence-electron chi connectivity index (χ0n) is 16.8. The minimum absolute atomic E-state index is 0.0451. The Morgan fingerprint density at radius 3 is 2.69 bits per heavy atom. The Morgan fingerprint density at radius 2 is 2.00 bits per heavy atom. The van der Waals surface area contributed by atoms with Crippen LogP contribution < -0.4 is 19.7 Å². The average Bonchev–Trinajstić information content (AvgIpc) is 2.67. The lowest BCUT2D eigenvalue weighted by molar-refractivity contribution is -0.119. The summed E-state index contributed by atoms with van der Waals surface area (Å²) in [6.07, 6.45) is 4.84. The van der Waals surface area contributed by atoms with Crippen LogP contribution >= 0.6 is 0 Å². The number of methoxy groups -OCH3 is 1. The molecule has 1 aromatic carbocycles. The van der Waals surface area contributed by atoms with Gasteiger partial charge in [0.2, 0.25) is 15.9 Å². The molecule has 3 amide bonds. The van der Waals surface area contributed by atoms with Crippen molar-refractivity contribution in [1.29, 1.82) is 0 Å². The Balaban J connectivity index is 1.71. The molecule has 0 radical (unpaired) electrons. The molecular weight excluding hydrogens is 396 g/mol. The number of nitrogens with zero attached hydrogens (tertiary/aromatic N) is 2. The first-order chi connectivity index (χ1) is 13.8.